The lowest BCUT2D eigenvalue weighted by Crippen LogP contribution is -2.48. The van der Waals surface area contributed by atoms with E-state index in [0.717, 1.165) is 17.6 Å². The van der Waals surface area contributed by atoms with Crippen molar-refractivity contribution in [2.24, 2.45) is 29.1 Å². The first-order chi connectivity index (χ1) is 18.8. The molecule has 0 unspecified atom stereocenters. The molecule has 1 aromatic rings. The van der Waals surface area contributed by atoms with Crippen molar-refractivity contribution in [1.82, 2.24) is 0 Å². The summed E-state index contributed by atoms with van der Waals surface area (Å²) in [4.78, 5) is 51.4. The van der Waals surface area contributed by atoms with E-state index in [0.29, 0.717) is 17.9 Å². The van der Waals surface area contributed by atoms with Crippen molar-refractivity contribution in [3.05, 3.63) is 65.3 Å². The van der Waals surface area contributed by atoms with Crippen LogP contribution in [0.15, 0.2) is 59.7 Å². The molecule has 0 amide bonds. The second kappa shape index (κ2) is 11.6. The van der Waals surface area contributed by atoms with Crippen molar-refractivity contribution in [1.29, 1.82) is 0 Å². The summed E-state index contributed by atoms with van der Waals surface area (Å²) in [5, 5.41) is 0. The number of carbonyl (C=O) groups excluding carboxylic acids is 4. The van der Waals surface area contributed by atoms with E-state index in [9.17, 15) is 19.2 Å². The molecule has 3 aliphatic carbocycles. The van der Waals surface area contributed by atoms with E-state index >= 15 is 0 Å². The van der Waals surface area contributed by atoms with Crippen LogP contribution in [0.25, 0.3) is 6.08 Å². The van der Waals surface area contributed by atoms with Crippen LogP contribution in [-0.2, 0) is 33.4 Å². The highest BCUT2D eigenvalue weighted by atomic mass is 16.6. The van der Waals surface area contributed by atoms with Gasteiger partial charge in [-0.05, 0) is 65.7 Å². The van der Waals surface area contributed by atoms with E-state index in [1.807, 2.05) is 49.4 Å². The fourth-order valence-electron chi connectivity index (χ4n) is 6.67. The standard InChI is InChI=1S/C33H40O7/c1-20-16-27-26(32(27,5)6)14-12-25(19-38-22(3)34)17-28-30(21(2)18-33(28,31(20)37)40-23(4)35)39-29(36)15-13-24-10-8-7-9-11-24/h7-11,13,15-17,21,26-28,30H,12,14,18-19H2,1-6H3/b15-13+,20-16-,25-17+/t21-,26-,27+,28-,30-,33+/m0/s1. The van der Waals surface area contributed by atoms with Crippen molar-refractivity contribution >= 4 is 29.8 Å². The number of benzene rings is 1. The minimum absolute atomic E-state index is 0.0351. The van der Waals surface area contributed by atoms with Crippen molar-refractivity contribution in [3.63, 3.8) is 0 Å². The summed E-state index contributed by atoms with van der Waals surface area (Å²) in [5.41, 5.74) is 0.713. The maximum Gasteiger partial charge on any atom is 0.331 e. The number of esters is 3. The smallest absolute Gasteiger partial charge is 0.331 e. The first-order valence-electron chi connectivity index (χ1n) is 14.0. The molecule has 0 aliphatic heterocycles. The van der Waals surface area contributed by atoms with E-state index < -0.39 is 35.5 Å². The fraction of sp³-hybridized carbons (Fsp3) is 0.515. The Balaban J connectivity index is 1.76. The second-order valence-corrected chi connectivity index (χ2v) is 12.1. The molecule has 214 valence electrons. The summed E-state index contributed by atoms with van der Waals surface area (Å²) >= 11 is 0. The molecule has 0 spiro atoms. The Bertz CT molecular complexity index is 1250. The molecule has 1 aromatic carbocycles. The maximum atomic E-state index is 14.2. The lowest BCUT2D eigenvalue weighted by molar-refractivity contribution is -0.169. The summed E-state index contributed by atoms with van der Waals surface area (Å²) in [6.07, 6.45) is 7.91. The summed E-state index contributed by atoms with van der Waals surface area (Å²) in [5.74, 6) is -2.26. The molecule has 7 heteroatoms. The average Bonchev–Trinajstić information content (AvgIpc) is 3.30. The molecule has 2 fully saturated rings. The van der Waals surface area contributed by atoms with Gasteiger partial charge < -0.3 is 14.2 Å². The highest BCUT2D eigenvalue weighted by Crippen LogP contribution is 2.62. The van der Waals surface area contributed by atoms with Gasteiger partial charge in [0.2, 0.25) is 5.78 Å². The Morgan fingerprint density at radius 3 is 2.38 bits per heavy atom. The van der Waals surface area contributed by atoms with Gasteiger partial charge in [-0.15, -0.1) is 0 Å². The van der Waals surface area contributed by atoms with Crippen LogP contribution in [0.5, 0.6) is 0 Å². The summed E-state index contributed by atoms with van der Waals surface area (Å²) in [6, 6.07) is 9.40. The van der Waals surface area contributed by atoms with Crippen LogP contribution in [0.2, 0.25) is 0 Å². The van der Waals surface area contributed by atoms with Gasteiger partial charge in [-0.2, -0.15) is 0 Å². The van der Waals surface area contributed by atoms with Crippen LogP contribution in [0.3, 0.4) is 0 Å². The molecule has 0 heterocycles. The van der Waals surface area contributed by atoms with Crippen molar-refractivity contribution < 1.29 is 33.4 Å². The number of allylic oxidation sites excluding steroid dienone is 1. The molecule has 3 aliphatic rings. The first-order valence-corrected chi connectivity index (χ1v) is 14.0. The number of Topliss-reactive ketones (excluding diaryl/α,β-unsaturated/α-hetero) is 1. The quantitative estimate of drug-likeness (QED) is 0.196. The Morgan fingerprint density at radius 1 is 1.02 bits per heavy atom. The van der Waals surface area contributed by atoms with Gasteiger partial charge in [0, 0.05) is 26.3 Å². The molecule has 0 N–H and O–H groups in total. The fourth-order valence-corrected chi connectivity index (χ4v) is 6.67. The van der Waals surface area contributed by atoms with E-state index in [4.69, 9.17) is 14.2 Å². The van der Waals surface area contributed by atoms with Gasteiger partial charge >= 0.3 is 17.9 Å². The van der Waals surface area contributed by atoms with Crippen LogP contribution in [0.1, 0.15) is 66.4 Å². The minimum Gasteiger partial charge on any atom is -0.461 e. The van der Waals surface area contributed by atoms with Crippen molar-refractivity contribution in [2.75, 3.05) is 6.61 Å². The number of ketones is 1. The van der Waals surface area contributed by atoms with Gasteiger partial charge in [0.05, 0.1) is 5.92 Å². The third-order valence-electron chi connectivity index (χ3n) is 8.83. The van der Waals surface area contributed by atoms with E-state index in [1.165, 1.54) is 19.9 Å². The SMILES string of the molecule is CC(=O)OC/C1=C/[C@H]2[C@@H](OC(=O)/C=C/c3ccccc3)[C@@H](C)C[C@]2(OC(C)=O)C(=O)/C(C)=C\[C@@H]2[C@H](CC1)C2(C)C. The Morgan fingerprint density at radius 2 is 1.73 bits per heavy atom. The van der Waals surface area contributed by atoms with Gasteiger partial charge in [-0.25, -0.2) is 4.79 Å². The first kappa shape index (κ1) is 29.5. The van der Waals surface area contributed by atoms with Gasteiger partial charge in [-0.3, -0.25) is 14.4 Å². The van der Waals surface area contributed by atoms with Crippen LogP contribution >= 0.6 is 0 Å². The molecule has 40 heavy (non-hydrogen) atoms. The zero-order valence-corrected chi connectivity index (χ0v) is 24.3. The summed E-state index contributed by atoms with van der Waals surface area (Å²) in [7, 11) is 0. The van der Waals surface area contributed by atoms with Crippen molar-refractivity contribution in [2.45, 2.75) is 72.5 Å². The number of hydrogen-bond acceptors (Lipinski definition) is 7. The van der Waals surface area contributed by atoms with Crippen LogP contribution in [-0.4, -0.2) is 42.0 Å². The largest absolute Gasteiger partial charge is 0.461 e. The molecule has 4 rings (SSSR count). The van der Waals surface area contributed by atoms with E-state index in [1.54, 1.807) is 13.0 Å². The van der Waals surface area contributed by atoms with Crippen LogP contribution in [0, 0.1) is 29.1 Å². The normalized spacial score (nSPS) is 33.8. The van der Waals surface area contributed by atoms with Crippen LogP contribution in [0.4, 0.5) is 0 Å². The molecular weight excluding hydrogens is 508 g/mol. The molecule has 0 saturated heterocycles. The van der Waals surface area contributed by atoms with E-state index in [-0.39, 0.29) is 36.1 Å². The van der Waals surface area contributed by atoms with Gasteiger partial charge in [0.15, 0.2) is 5.60 Å². The topological polar surface area (TPSA) is 96.0 Å². The lowest BCUT2D eigenvalue weighted by Gasteiger charge is -2.34. The summed E-state index contributed by atoms with van der Waals surface area (Å²) in [6.45, 7) is 10.8. The molecule has 2 saturated carbocycles. The second-order valence-electron chi connectivity index (χ2n) is 12.1. The average molecular weight is 549 g/mol. The summed E-state index contributed by atoms with van der Waals surface area (Å²) < 4.78 is 17.3. The van der Waals surface area contributed by atoms with Gasteiger partial charge in [0.25, 0.3) is 0 Å². The molecule has 7 nitrogen and oxygen atoms in total. The Kier molecular flexibility index (Phi) is 8.52. The predicted octanol–water partition coefficient (Wildman–Crippen LogP) is 5.64. The lowest BCUT2D eigenvalue weighted by atomic mass is 9.81. The number of rotatable bonds is 6. The molecule has 6 atom stereocenters. The highest BCUT2D eigenvalue weighted by molar-refractivity contribution is 6.03. The van der Waals surface area contributed by atoms with E-state index in [2.05, 4.69) is 13.8 Å². The molecule has 0 bridgehead atoms. The maximum absolute atomic E-state index is 14.2. The number of ether oxygens (including phenoxy) is 3. The monoisotopic (exact) mass is 548 g/mol. The zero-order chi connectivity index (χ0) is 29.2. The number of carbonyl (C=O) groups is 4. The van der Waals surface area contributed by atoms with Gasteiger partial charge in [0.1, 0.15) is 12.7 Å². The third kappa shape index (κ3) is 6.13. The van der Waals surface area contributed by atoms with Crippen LogP contribution < -0.4 is 0 Å². The predicted molar refractivity (Wildman–Crippen MR) is 151 cm³/mol. The minimum atomic E-state index is -1.54. The Labute approximate surface area is 236 Å². The van der Waals surface area contributed by atoms with Gasteiger partial charge in [-0.1, -0.05) is 63.3 Å². The third-order valence-corrected chi connectivity index (χ3v) is 8.83. The molecule has 0 aromatic heterocycles. The molecular formula is C33H40O7. The molecule has 0 radical (unpaired) electrons. The number of hydrogen-bond donors (Lipinski definition) is 0. The Hall–Kier alpha value is -3.48. The van der Waals surface area contributed by atoms with Crippen molar-refractivity contribution in [3.8, 4) is 0 Å². The number of fused-ring (bicyclic) bond motifs is 2. The highest BCUT2D eigenvalue weighted by Gasteiger charge is 2.61. The zero-order valence-electron chi connectivity index (χ0n) is 24.3.